The minimum Gasteiger partial charge on any atom is -0.489 e. The Bertz CT molecular complexity index is 3580. The van der Waals surface area contributed by atoms with Gasteiger partial charge in [0.15, 0.2) is 13.2 Å². The number of halogens is 13. The number of hydrogen-bond acceptors (Lipinski definition) is 11. The molecule has 8 rings (SSSR count). The zero-order valence-electron chi connectivity index (χ0n) is 45.5. The van der Waals surface area contributed by atoms with Crippen molar-refractivity contribution in [1.29, 1.82) is 0 Å². The molecular formula is C61H48BBrF12O12. The normalized spacial score (nSPS) is 11.4. The van der Waals surface area contributed by atoms with E-state index in [1.165, 1.54) is 55.6 Å². The van der Waals surface area contributed by atoms with Crippen LogP contribution in [-0.2, 0) is 39.9 Å². The van der Waals surface area contributed by atoms with Crippen LogP contribution in [0.3, 0.4) is 0 Å². The summed E-state index contributed by atoms with van der Waals surface area (Å²) in [5, 5.41) is 26.1. The van der Waals surface area contributed by atoms with Crippen LogP contribution in [0.25, 0.3) is 33.4 Å². The van der Waals surface area contributed by atoms with Crippen LogP contribution in [-0.4, -0.2) is 67.3 Å². The van der Waals surface area contributed by atoms with Gasteiger partial charge in [-0.3, -0.25) is 0 Å². The van der Waals surface area contributed by atoms with Gasteiger partial charge in [0.1, 0.15) is 47.7 Å². The fraction of sp³-hybridized carbons (Fsp3) is 0.180. The number of carboxylic acids is 1. The molecule has 26 heteroatoms. The summed E-state index contributed by atoms with van der Waals surface area (Å²) in [6, 6.07) is 40.0. The quantitative estimate of drug-likeness (QED) is 0.0425. The molecule has 0 saturated heterocycles. The number of ether oxygens (including phenoxy) is 7. The molecular weight excluding hydrogens is 1240 g/mol. The number of aryl methyl sites for hydroxylation is 2. The van der Waals surface area contributed by atoms with E-state index in [-0.39, 0.29) is 25.3 Å². The Morgan fingerprint density at radius 2 is 0.816 bits per heavy atom. The van der Waals surface area contributed by atoms with Gasteiger partial charge in [0, 0.05) is 4.47 Å². The van der Waals surface area contributed by atoms with E-state index in [1.807, 2.05) is 25.1 Å². The highest BCUT2D eigenvalue weighted by atomic mass is 79.9. The second kappa shape index (κ2) is 29.5. The van der Waals surface area contributed by atoms with E-state index >= 15 is 0 Å². The van der Waals surface area contributed by atoms with Crippen LogP contribution in [0.4, 0.5) is 52.7 Å². The predicted molar refractivity (Wildman–Crippen MR) is 298 cm³/mol. The van der Waals surface area contributed by atoms with Gasteiger partial charge in [-0.25, -0.2) is 9.59 Å². The SMILES string of the molecule is COC(=O)COc1ccc(OCc2cc(Br)cc(-c3ccc(C(F)(F)F)cc3)c2)cc1C.Cc1cc(OCc2cc(-c3ccc(OC(F)(F)F)cc3)cc(-c3ccc(C(F)(F)F)cc3)c2)ccc1OCC(=O)O.OB(O)c1ccc(OC(F)(F)F)cc1. The Balaban J connectivity index is 0.000000232. The molecule has 0 radical (unpaired) electrons. The first-order chi connectivity index (χ1) is 40.8. The summed E-state index contributed by atoms with van der Waals surface area (Å²) in [5.41, 5.74) is 5.18. The molecule has 0 bridgehead atoms. The number of carbonyl (C=O) groups excluding carboxylic acids is 1. The van der Waals surface area contributed by atoms with Crippen molar-refractivity contribution < 1.29 is 111 Å². The van der Waals surface area contributed by atoms with Crippen molar-refractivity contribution >= 4 is 40.4 Å². The van der Waals surface area contributed by atoms with Crippen LogP contribution in [0.5, 0.6) is 34.5 Å². The van der Waals surface area contributed by atoms with Gasteiger partial charge in [0.05, 0.1) is 18.2 Å². The van der Waals surface area contributed by atoms with E-state index in [4.69, 9.17) is 34.1 Å². The molecule has 0 atom stereocenters. The maximum Gasteiger partial charge on any atom is 0.573 e. The summed E-state index contributed by atoms with van der Waals surface area (Å²) in [5.74, 6) is -0.376. The van der Waals surface area contributed by atoms with Crippen molar-refractivity contribution in [2.45, 2.75) is 52.1 Å². The fourth-order valence-electron chi connectivity index (χ4n) is 7.82. The number of aliphatic carboxylic acids is 1. The lowest BCUT2D eigenvalue weighted by Gasteiger charge is -2.14. The fourth-order valence-corrected chi connectivity index (χ4v) is 8.36. The Morgan fingerprint density at radius 1 is 0.448 bits per heavy atom. The molecule has 0 amide bonds. The average Bonchev–Trinajstić information content (AvgIpc) is 2.45. The molecule has 0 aliphatic heterocycles. The molecule has 0 aliphatic rings. The highest BCUT2D eigenvalue weighted by Gasteiger charge is 2.33. The number of rotatable bonds is 18. The molecule has 0 spiro atoms. The van der Waals surface area contributed by atoms with Crippen LogP contribution in [0, 0.1) is 13.8 Å². The van der Waals surface area contributed by atoms with Gasteiger partial charge >= 0.3 is 44.1 Å². The third kappa shape index (κ3) is 21.9. The van der Waals surface area contributed by atoms with E-state index in [9.17, 15) is 62.3 Å². The van der Waals surface area contributed by atoms with Gasteiger partial charge in [-0.05, 0) is 196 Å². The number of carbonyl (C=O) groups is 2. The van der Waals surface area contributed by atoms with Crippen LogP contribution in [0.1, 0.15) is 33.4 Å². The smallest absolute Gasteiger partial charge is 0.489 e. The van der Waals surface area contributed by atoms with Gasteiger partial charge in [0.25, 0.3) is 0 Å². The van der Waals surface area contributed by atoms with Crippen molar-refractivity contribution in [3.05, 3.63) is 208 Å². The van der Waals surface area contributed by atoms with Gasteiger partial charge in [-0.2, -0.15) is 26.3 Å². The van der Waals surface area contributed by atoms with Crippen LogP contribution >= 0.6 is 15.9 Å². The molecule has 458 valence electrons. The molecule has 8 aromatic carbocycles. The lowest BCUT2D eigenvalue weighted by atomic mass is 9.80. The topological polar surface area (TPSA) is 159 Å². The Labute approximate surface area is 497 Å². The molecule has 3 N–H and O–H groups in total. The molecule has 12 nitrogen and oxygen atoms in total. The monoisotopic (exact) mass is 1290 g/mol. The van der Waals surface area contributed by atoms with Gasteiger partial charge in [0.2, 0.25) is 0 Å². The van der Waals surface area contributed by atoms with Crippen molar-refractivity contribution in [1.82, 2.24) is 0 Å². The minimum atomic E-state index is -4.84. The number of carboxylic acid groups (broad SMARTS) is 1. The second-order valence-corrected chi connectivity index (χ2v) is 19.4. The lowest BCUT2D eigenvalue weighted by Crippen LogP contribution is -2.29. The van der Waals surface area contributed by atoms with Gasteiger partial charge in [-0.1, -0.05) is 64.5 Å². The van der Waals surface area contributed by atoms with E-state index in [2.05, 4.69) is 30.1 Å². The molecule has 0 unspecified atom stereocenters. The first-order valence-electron chi connectivity index (χ1n) is 25.2. The molecule has 8 aromatic rings. The average molecular weight is 1290 g/mol. The number of alkyl halides is 12. The van der Waals surface area contributed by atoms with Crippen LogP contribution < -0.4 is 33.9 Å². The maximum atomic E-state index is 13.1. The zero-order chi connectivity index (χ0) is 63.9. The standard InChI is InChI=1S/C30H22F6O5.C24H20BrF3O4.C7H6BF3O3/c1-18-12-26(10-11-27(18)40-17-28(37)38)39-16-19-13-22(20-2-6-24(7-3-20)29(31,32)33)15-23(14-19)21-4-8-25(9-5-21)41-30(34,35)36;1-15-9-21(7-8-22(15)32-14-23(29)30-2)31-13-16-10-18(12-20(25)11-16)17-3-5-19(6-4-17)24(26,27)28;9-7(10,11)14-6-3-1-5(2-4-6)8(12)13/h2-15H,16-17H2,1H3,(H,37,38);3-12H,13-14H2,1-2H3;1-4,12-13H. The lowest BCUT2D eigenvalue weighted by molar-refractivity contribution is -0.275. The second-order valence-electron chi connectivity index (χ2n) is 18.5. The third-order valence-electron chi connectivity index (χ3n) is 11.9. The summed E-state index contributed by atoms with van der Waals surface area (Å²) in [4.78, 5) is 22.0. The molecule has 0 saturated carbocycles. The Hall–Kier alpha value is -8.88. The third-order valence-corrected chi connectivity index (χ3v) is 12.4. The van der Waals surface area contributed by atoms with E-state index in [0.29, 0.717) is 61.9 Å². The number of methoxy groups -OCH3 is 1. The van der Waals surface area contributed by atoms with E-state index in [0.717, 1.165) is 69.7 Å². The number of esters is 1. The summed E-state index contributed by atoms with van der Waals surface area (Å²) < 4.78 is 186. The largest absolute Gasteiger partial charge is 0.573 e. The zero-order valence-corrected chi connectivity index (χ0v) is 47.1. The summed E-state index contributed by atoms with van der Waals surface area (Å²) in [6.07, 6.45) is -18.4. The molecule has 0 fully saturated rings. The van der Waals surface area contributed by atoms with Crippen molar-refractivity contribution in [2.24, 2.45) is 0 Å². The van der Waals surface area contributed by atoms with Crippen molar-refractivity contribution in [3.63, 3.8) is 0 Å². The van der Waals surface area contributed by atoms with Gasteiger partial charge < -0.3 is 48.3 Å². The minimum absolute atomic E-state index is 0.0471. The van der Waals surface area contributed by atoms with Crippen LogP contribution in [0.2, 0.25) is 0 Å². The van der Waals surface area contributed by atoms with E-state index in [1.54, 1.807) is 61.5 Å². The first kappa shape index (κ1) is 67.3. The predicted octanol–water partition coefficient (Wildman–Crippen LogP) is 15.1. The van der Waals surface area contributed by atoms with E-state index < -0.39 is 73.4 Å². The molecule has 87 heavy (non-hydrogen) atoms. The highest BCUT2D eigenvalue weighted by molar-refractivity contribution is 9.10. The maximum absolute atomic E-state index is 13.1. The van der Waals surface area contributed by atoms with Crippen LogP contribution in [0.15, 0.2) is 174 Å². The Morgan fingerprint density at radius 3 is 1.18 bits per heavy atom. The highest BCUT2D eigenvalue weighted by Crippen LogP contribution is 2.36. The molecule has 0 heterocycles. The number of benzene rings is 8. The van der Waals surface area contributed by atoms with Crippen molar-refractivity contribution in [3.8, 4) is 67.9 Å². The molecule has 0 aromatic heterocycles. The Kier molecular flexibility index (Phi) is 22.8. The summed E-state index contributed by atoms with van der Waals surface area (Å²) in [7, 11) is -0.407. The van der Waals surface area contributed by atoms with Gasteiger partial charge in [-0.15, -0.1) is 26.3 Å². The summed E-state index contributed by atoms with van der Waals surface area (Å²) in [6.45, 7) is 3.19. The summed E-state index contributed by atoms with van der Waals surface area (Å²) >= 11 is 3.45. The number of hydrogen-bond donors (Lipinski definition) is 3. The van der Waals surface area contributed by atoms with Crippen molar-refractivity contribution in [2.75, 3.05) is 20.3 Å². The molecule has 0 aliphatic carbocycles. The first-order valence-corrected chi connectivity index (χ1v) is 26.0.